The minimum atomic E-state index is 0.683. The predicted molar refractivity (Wildman–Crippen MR) is 63.2 cm³/mol. The lowest BCUT2D eigenvalue weighted by molar-refractivity contribution is 0.0229. The van der Waals surface area contributed by atoms with Crippen LogP contribution < -0.4 is 5.32 Å². The first-order valence-corrected chi connectivity index (χ1v) is 7.28. The second-order valence-corrected chi connectivity index (χ2v) is 7.28. The third kappa shape index (κ3) is 0.770. The van der Waals surface area contributed by atoms with E-state index in [1.807, 2.05) is 0 Å². The summed E-state index contributed by atoms with van der Waals surface area (Å²) in [7, 11) is 0. The zero-order valence-electron chi connectivity index (χ0n) is 10.0. The van der Waals surface area contributed by atoms with Crippen molar-refractivity contribution in [3.8, 4) is 0 Å². The van der Waals surface area contributed by atoms with Gasteiger partial charge in [0.25, 0.3) is 0 Å². The number of hydrogen-bond donors (Lipinski definition) is 1. The summed E-state index contributed by atoms with van der Waals surface area (Å²) in [6, 6.07) is 0. The van der Waals surface area contributed by atoms with Crippen molar-refractivity contribution in [2.75, 3.05) is 26.2 Å². The molecule has 2 nitrogen and oxygen atoms in total. The molecule has 5 saturated carbocycles. The van der Waals surface area contributed by atoms with Crippen LogP contribution in [0.15, 0.2) is 0 Å². The highest BCUT2D eigenvalue weighted by Gasteiger charge is 2.76. The van der Waals surface area contributed by atoms with Crippen molar-refractivity contribution in [2.45, 2.75) is 37.6 Å². The molecule has 5 aliphatic carbocycles. The molecule has 1 aliphatic heterocycles. The summed E-state index contributed by atoms with van der Waals surface area (Å²) in [5, 5.41) is 3.51. The SMILES string of the molecule is C1CN(C23CC4CC5CC4(C2)C5C3)CCN1. The third-order valence-corrected chi connectivity index (χ3v) is 7.02. The predicted octanol–water partition coefficient (Wildman–Crippen LogP) is 1.47. The van der Waals surface area contributed by atoms with E-state index in [2.05, 4.69) is 10.2 Å². The number of hydrogen-bond acceptors (Lipinski definition) is 2. The Morgan fingerprint density at radius 1 is 1.06 bits per heavy atom. The molecule has 0 aromatic rings. The van der Waals surface area contributed by atoms with Crippen molar-refractivity contribution < 1.29 is 0 Å². The third-order valence-electron chi connectivity index (χ3n) is 7.02. The van der Waals surface area contributed by atoms with Crippen LogP contribution >= 0.6 is 0 Å². The van der Waals surface area contributed by atoms with Crippen LogP contribution in [0.2, 0.25) is 0 Å². The van der Waals surface area contributed by atoms with Crippen LogP contribution in [0.25, 0.3) is 0 Å². The van der Waals surface area contributed by atoms with Crippen LogP contribution in [0.4, 0.5) is 0 Å². The minimum Gasteiger partial charge on any atom is -0.314 e. The monoisotopic (exact) mass is 218 g/mol. The van der Waals surface area contributed by atoms with Gasteiger partial charge in [-0.2, -0.15) is 0 Å². The molecule has 6 rings (SSSR count). The molecule has 0 radical (unpaired) electrons. The van der Waals surface area contributed by atoms with Gasteiger partial charge in [0.2, 0.25) is 0 Å². The molecular formula is C14H22N2. The van der Waals surface area contributed by atoms with Gasteiger partial charge in [0.1, 0.15) is 0 Å². The van der Waals surface area contributed by atoms with Gasteiger partial charge in [0.05, 0.1) is 0 Å². The molecule has 6 fully saturated rings. The maximum absolute atomic E-state index is 3.51. The summed E-state index contributed by atoms with van der Waals surface area (Å²) in [6.45, 7) is 5.10. The Bertz CT molecular complexity index is 335. The summed E-state index contributed by atoms with van der Waals surface area (Å²) in [5.41, 5.74) is 1.57. The maximum atomic E-state index is 3.51. The van der Waals surface area contributed by atoms with E-state index in [4.69, 9.17) is 0 Å². The summed E-state index contributed by atoms with van der Waals surface area (Å²) in [5.74, 6) is 3.48. The molecule has 2 heteroatoms. The first-order chi connectivity index (χ1) is 7.82. The van der Waals surface area contributed by atoms with Crippen molar-refractivity contribution in [1.29, 1.82) is 0 Å². The first-order valence-electron chi connectivity index (χ1n) is 7.28. The Kier molecular flexibility index (Phi) is 1.40. The molecule has 0 amide bonds. The molecule has 3 bridgehead atoms. The van der Waals surface area contributed by atoms with E-state index >= 15 is 0 Å². The number of piperazine rings is 1. The van der Waals surface area contributed by atoms with Crippen molar-refractivity contribution in [2.24, 2.45) is 23.2 Å². The van der Waals surface area contributed by atoms with Crippen LogP contribution in [-0.2, 0) is 0 Å². The summed E-state index contributed by atoms with van der Waals surface area (Å²) < 4.78 is 0. The molecule has 1 spiro atoms. The fourth-order valence-electron chi connectivity index (χ4n) is 6.63. The lowest BCUT2D eigenvalue weighted by atomic mass is 9.60. The van der Waals surface area contributed by atoms with E-state index in [0.717, 1.165) is 17.3 Å². The largest absolute Gasteiger partial charge is 0.314 e. The highest BCUT2D eigenvalue weighted by Crippen LogP contribution is 2.81. The van der Waals surface area contributed by atoms with Crippen molar-refractivity contribution in [3.63, 3.8) is 0 Å². The number of rotatable bonds is 1. The Morgan fingerprint density at radius 3 is 2.69 bits per heavy atom. The van der Waals surface area contributed by atoms with E-state index in [9.17, 15) is 0 Å². The molecule has 1 N–H and O–H groups in total. The van der Waals surface area contributed by atoms with Crippen LogP contribution in [0, 0.1) is 23.2 Å². The van der Waals surface area contributed by atoms with Crippen molar-refractivity contribution in [1.82, 2.24) is 10.2 Å². The average molecular weight is 218 g/mol. The van der Waals surface area contributed by atoms with E-state index in [-0.39, 0.29) is 0 Å². The second-order valence-electron chi connectivity index (χ2n) is 7.28. The number of nitrogens with zero attached hydrogens (tertiary/aromatic N) is 1. The molecular weight excluding hydrogens is 196 g/mol. The van der Waals surface area contributed by atoms with Crippen molar-refractivity contribution >= 4 is 0 Å². The molecule has 0 aromatic heterocycles. The zero-order chi connectivity index (χ0) is 10.4. The molecule has 1 saturated heterocycles. The van der Waals surface area contributed by atoms with Crippen LogP contribution in [-0.4, -0.2) is 36.6 Å². The lowest BCUT2D eigenvalue weighted by Crippen LogP contribution is -2.54. The quantitative estimate of drug-likeness (QED) is 0.717. The van der Waals surface area contributed by atoms with E-state index in [1.54, 1.807) is 32.1 Å². The summed E-state index contributed by atoms with van der Waals surface area (Å²) >= 11 is 0. The smallest absolute Gasteiger partial charge is 0.0222 e. The maximum Gasteiger partial charge on any atom is 0.0222 e. The summed E-state index contributed by atoms with van der Waals surface area (Å²) in [4.78, 5) is 2.88. The van der Waals surface area contributed by atoms with Crippen LogP contribution in [0.5, 0.6) is 0 Å². The van der Waals surface area contributed by atoms with Gasteiger partial charge in [-0.15, -0.1) is 0 Å². The molecule has 16 heavy (non-hydrogen) atoms. The van der Waals surface area contributed by atoms with Gasteiger partial charge in [-0.3, -0.25) is 4.90 Å². The molecule has 5 unspecified atom stereocenters. The average Bonchev–Trinajstić information content (AvgIpc) is 2.91. The number of nitrogens with one attached hydrogen (secondary N) is 1. The van der Waals surface area contributed by atoms with E-state index < -0.39 is 0 Å². The number of fused-ring (bicyclic) bond motifs is 1. The van der Waals surface area contributed by atoms with Gasteiger partial charge in [-0.05, 0) is 55.3 Å². The van der Waals surface area contributed by atoms with Gasteiger partial charge >= 0.3 is 0 Å². The van der Waals surface area contributed by atoms with Crippen LogP contribution in [0.1, 0.15) is 32.1 Å². The molecule has 6 aliphatic rings. The van der Waals surface area contributed by atoms with Gasteiger partial charge in [-0.1, -0.05) is 0 Å². The fraction of sp³-hybridized carbons (Fsp3) is 1.00. The van der Waals surface area contributed by atoms with E-state index in [1.165, 1.54) is 32.1 Å². The van der Waals surface area contributed by atoms with Crippen LogP contribution in [0.3, 0.4) is 0 Å². The Morgan fingerprint density at radius 2 is 1.94 bits per heavy atom. The Balaban J connectivity index is 1.51. The molecule has 88 valence electrons. The first kappa shape index (κ1) is 8.93. The molecule has 5 atom stereocenters. The topological polar surface area (TPSA) is 15.3 Å². The second kappa shape index (κ2) is 2.51. The molecule has 0 aromatic carbocycles. The van der Waals surface area contributed by atoms with Gasteiger partial charge in [-0.25, -0.2) is 0 Å². The standard InChI is InChI=1S/C14H22N2/c1-3-16(4-2-15-1)13-7-11-5-10-6-14(11,9-13)12(10)8-13/h10-12,15H,1-9H2. The lowest BCUT2D eigenvalue weighted by Gasteiger charge is -2.47. The van der Waals surface area contributed by atoms with Gasteiger partial charge in [0, 0.05) is 31.7 Å². The Labute approximate surface area is 97.8 Å². The van der Waals surface area contributed by atoms with Gasteiger partial charge < -0.3 is 5.32 Å². The minimum absolute atomic E-state index is 0.683. The zero-order valence-corrected chi connectivity index (χ0v) is 10.0. The highest BCUT2D eigenvalue weighted by atomic mass is 15.3. The highest BCUT2D eigenvalue weighted by molar-refractivity contribution is 5.28. The molecule has 1 heterocycles. The van der Waals surface area contributed by atoms with E-state index in [0.29, 0.717) is 5.54 Å². The normalized spacial score (nSPS) is 62.6. The fourth-order valence-corrected chi connectivity index (χ4v) is 6.63. The summed E-state index contributed by atoms with van der Waals surface area (Å²) in [6.07, 6.45) is 7.97. The van der Waals surface area contributed by atoms with Crippen molar-refractivity contribution in [3.05, 3.63) is 0 Å². The Hall–Kier alpha value is -0.0800. The van der Waals surface area contributed by atoms with Gasteiger partial charge in [0.15, 0.2) is 0 Å².